The lowest BCUT2D eigenvalue weighted by Gasteiger charge is -2.17. The first-order valence-corrected chi connectivity index (χ1v) is 8.87. The van der Waals surface area contributed by atoms with Gasteiger partial charge in [0.2, 0.25) is 0 Å². The van der Waals surface area contributed by atoms with Crippen LogP contribution in [0.2, 0.25) is 0 Å². The molecule has 0 fully saturated rings. The van der Waals surface area contributed by atoms with Gasteiger partial charge in [-0.25, -0.2) is 9.59 Å². The second-order valence-electron chi connectivity index (χ2n) is 6.16. The van der Waals surface area contributed by atoms with Crippen LogP contribution in [-0.4, -0.2) is 30.6 Å². The number of aromatic nitrogens is 1. The summed E-state index contributed by atoms with van der Waals surface area (Å²) in [5, 5.41) is 3.23. The number of nitrogens with zero attached hydrogens (tertiary/aromatic N) is 1. The number of esters is 2. The number of benzene rings is 2. The summed E-state index contributed by atoms with van der Waals surface area (Å²) in [7, 11) is 1.23. The quantitative estimate of drug-likeness (QED) is 0.590. The Kier molecular flexibility index (Phi) is 5.91. The van der Waals surface area contributed by atoms with Crippen LogP contribution in [0.3, 0.4) is 0 Å². The van der Waals surface area contributed by atoms with Crippen LogP contribution in [0.5, 0.6) is 0 Å². The maximum atomic E-state index is 13.1. The molecular formula is C21H17F3N2O4. The zero-order chi connectivity index (χ0) is 21.9. The first kappa shape index (κ1) is 21.1. The smallest absolute Gasteiger partial charge is 0.416 e. The number of anilines is 2. The number of carbonyl (C=O) groups excluding carboxylic acids is 2. The molecule has 1 heterocycles. The highest BCUT2D eigenvalue weighted by atomic mass is 19.4. The Bertz CT molecular complexity index is 1110. The Morgan fingerprint density at radius 1 is 1.07 bits per heavy atom. The average Bonchev–Trinajstić information content (AvgIpc) is 2.72. The van der Waals surface area contributed by atoms with Crippen molar-refractivity contribution in [3.63, 3.8) is 0 Å². The molecule has 0 spiro atoms. The fourth-order valence-corrected chi connectivity index (χ4v) is 2.88. The number of ether oxygens (including phenoxy) is 2. The number of nitrogens with one attached hydrogen (secondary N) is 1. The standard InChI is InChI=1S/C21H17F3N2O4/c1-3-30-20(28)15-11-25-17-10-12(21(22,23)24)8-9-13(17)18(15)26-16-7-5-4-6-14(16)19(27)29-2/h4-11H,3H2,1-2H3,(H,25,26). The van der Waals surface area contributed by atoms with E-state index in [1.165, 1.54) is 19.2 Å². The second kappa shape index (κ2) is 8.40. The molecule has 156 valence electrons. The molecule has 6 nitrogen and oxygen atoms in total. The fourth-order valence-electron chi connectivity index (χ4n) is 2.88. The van der Waals surface area contributed by atoms with Gasteiger partial charge in [0.05, 0.1) is 41.7 Å². The maximum absolute atomic E-state index is 13.1. The van der Waals surface area contributed by atoms with E-state index in [9.17, 15) is 22.8 Å². The van der Waals surface area contributed by atoms with Gasteiger partial charge < -0.3 is 14.8 Å². The molecular weight excluding hydrogens is 401 g/mol. The molecule has 1 N–H and O–H groups in total. The molecule has 0 atom stereocenters. The third-order valence-corrected chi connectivity index (χ3v) is 4.28. The lowest BCUT2D eigenvalue weighted by atomic mass is 10.1. The molecule has 0 saturated heterocycles. The predicted molar refractivity (Wildman–Crippen MR) is 104 cm³/mol. The molecule has 0 amide bonds. The van der Waals surface area contributed by atoms with E-state index in [0.29, 0.717) is 5.69 Å². The summed E-state index contributed by atoms with van der Waals surface area (Å²) in [5.41, 5.74) is -0.162. The number of halogens is 3. The fraction of sp³-hybridized carbons (Fsp3) is 0.190. The SMILES string of the molecule is CCOC(=O)c1cnc2cc(C(F)(F)F)ccc2c1Nc1ccccc1C(=O)OC. The van der Waals surface area contributed by atoms with Crippen molar-refractivity contribution >= 4 is 34.2 Å². The van der Waals surface area contributed by atoms with E-state index in [0.717, 1.165) is 18.3 Å². The van der Waals surface area contributed by atoms with Gasteiger partial charge in [0.25, 0.3) is 0 Å². The molecule has 0 radical (unpaired) electrons. The summed E-state index contributed by atoms with van der Waals surface area (Å²) in [6.07, 6.45) is -3.40. The highest BCUT2D eigenvalue weighted by Crippen LogP contribution is 2.35. The second-order valence-corrected chi connectivity index (χ2v) is 6.16. The van der Waals surface area contributed by atoms with Gasteiger partial charge >= 0.3 is 18.1 Å². The van der Waals surface area contributed by atoms with Crippen LogP contribution in [0.15, 0.2) is 48.7 Å². The number of hydrogen-bond donors (Lipinski definition) is 1. The molecule has 0 unspecified atom stereocenters. The molecule has 2 aromatic carbocycles. The number of methoxy groups -OCH3 is 1. The Morgan fingerprint density at radius 3 is 2.47 bits per heavy atom. The van der Waals surface area contributed by atoms with Gasteiger partial charge in [-0.1, -0.05) is 18.2 Å². The Morgan fingerprint density at radius 2 is 1.80 bits per heavy atom. The van der Waals surface area contributed by atoms with Gasteiger partial charge in [-0.15, -0.1) is 0 Å². The molecule has 1 aromatic heterocycles. The zero-order valence-corrected chi connectivity index (χ0v) is 16.0. The van der Waals surface area contributed by atoms with Crippen LogP contribution in [0, 0.1) is 0 Å². The monoisotopic (exact) mass is 418 g/mol. The lowest BCUT2D eigenvalue weighted by Crippen LogP contribution is -2.12. The van der Waals surface area contributed by atoms with Crippen LogP contribution >= 0.6 is 0 Å². The molecule has 30 heavy (non-hydrogen) atoms. The van der Waals surface area contributed by atoms with Crippen LogP contribution in [0.4, 0.5) is 24.5 Å². The minimum atomic E-state index is -4.54. The van der Waals surface area contributed by atoms with E-state index in [1.54, 1.807) is 25.1 Å². The number of rotatable bonds is 5. The molecule has 0 bridgehead atoms. The van der Waals surface area contributed by atoms with Gasteiger partial charge in [0.1, 0.15) is 5.56 Å². The number of hydrogen-bond acceptors (Lipinski definition) is 6. The highest BCUT2D eigenvalue weighted by Gasteiger charge is 2.31. The molecule has 0 aliphatic rings. The van der Waals surface area contributed by atoms with Gasteiger partial charge in [0.15, 0.2) is 0 Å². The van der Waals surface area contributed by atoms with E-state index in [-0.39, 0.29) is 34.3 Å². The van der Waals surface area contributed by atoms with Crippen LogP contribution in [-0.2, 0) is 15.7 Å². The molecule has 0 aliphatic carbocycles. The number of para-hydroxylation sites is 1. The summed E-state index contributed by atoms with van der Waals surface area (Å²) in [6, 6.07) is 9.39. The van der Waals surface area contributed by atoms with Crippen molar-refractivity contribution in [1.82, 2.24) is 4.98 Å². The van der Waals surface area contributed by atoms with Crippen LogP contribution in [0.1, 0.15) is 33.2 Å². The number of fused-ring (bicyclic) bond motifs is 1. The Balaban J connectivity index is 2.21. The molecule has 0 aliphatic heterocycles. The van der Waals surface area contributed by atoms with Crippen molar-refractivity contribution < 1.29 is 32.2 Å². The van der Waals surface area contributed by atoms with E-state index in [2.05, 4.69) is 10.3 Å². The molecule has 9 heteroatoms. The summed E-state index contributed by atoms with van der Waals surface area (Å²) in [4.78, 5) is 28.5. The number of pyridine rings is 1. The van der Waals surface area contributed by atoms with E-state index < -0.39 is 23.7 Å². The normalized spacial score (nSPS) is 11.2. The largest absolute Gasteiger partial charge is 0.465 e. The number of alkyl halides is 3. The summed E-state index contributed by atoms with van der Waals surface area (Å²) < 4.78 is 49.1. The van der Waals surface area contributed by atoms with Crippen molar-refractivity contribution in [2.24, 2.45) is 0 Å². The van der Waals surface area contributed by atoms with Crippen molar-refractivity contribution in [2.75, 3.05) is 19.0 Å². The van der Waals surface area contributed by atoms with E-state index >= 15 is 0 Å². The number of carbonyl (C=O) groups is 2. The van der Waals surface area contributed by atoms with Crippen molar-refractivity contribution in [3.8, 4) is 0 Å². The molecule has 3 rings (SSSR count). The highest BCUT2D eigenvalue weighted by molar-refractivity contribution is 6.07. The molecule has 0 saturated carbocycles. The van der Waals surface area contributed by atoms with Crippen molar-refractivity contribution in [3.05, 3.63) is 65.4 Å². The van der Waals surface area contributed by atoms with Gasteiger partial charge in [-0.3, -0.25) is 4.98 Å². The van der Waals surface area contributed by atoms with Crippen molar-refractivity contribution in [2.45, 2.75) is 13.1 Å². The van der Waals surface area contributed by atoms with E-state index in [4.69, 9.17) is 9.47 Å². The minimum absolute atomic E-state index is 0.0174. The Hall–Kier alpha value is -3.62. The average molecular weight is 418 g/mol. The molecule has 3 aromatic rings. The van der Waals surface area contributed by atoms with Crippen LogP contribution in [0.25, 0.3) is 10.9 Å². The summed E-state index contributed by atoms with van der Waals surface area (Å²) >= 11 is 0. The van der Waals surface area contributed by atoms with Gasteiger partial charge in [-0.05, 0) is 31.2 Å². The van der Waals surface area contributed by atoms with Gasteiger partial charge in [-0.2, -0.15) is 13.2 Å². The topological polar surface area (TPSA) is 77.5 Å². The first-order chi connectivity index (χ1) is 14.3. The van der Waals surface area contributed by atoms with Gasteiger partial charge in [0, 0.05) is 11.6 Å². The van der Waals surface area contributed by atoms with Crippen LogP contribution < -0.4 is 5.32 Å². The lowest BCUT2D eigenvalue weighted by molar-refractivity contribution is -0.137. The summed E-state index contributed by atoms with van der Waals surface area (Å²) in [6.45, 7) is 1.73. The third kappa shape index (κ3) is 4.19. The minimum Gasteiger partial charge on any atom is -0.465 e. The predicted octanol–water partition coefficient (Wildman–Crippen LogP) is 4.96. The maximum Gasteiger partial charge on any atom is 0.416 e. The first-order valence-electron chi connectivity index (χ1n) is 8.87. The van der Waals surface area contributed by atoms with E-state index in [1.807, 2.05) is 0 Å². The Labute approximate surface area is 169 Å². The summed E-state index contributed by atoms with van der Waals surface area (Å²) in [5.74, 6) is -1.32. The van der Waals surface area contributed by atoms with Crippen molar-refractivity contribution in [1.29, 1.82) is 0 Å². The zero-order valence-electron chi connectivity index (χ0n) is 16.0. The third-order valence-electron chi connectivity index (χ3n) is 4.28.